The summed E-state index contributed by atoms with van der Waals surface area (Å²) in [7, 11) is 0. The van der Waals surface area contributed by atoms with Gasteiger partial charge < -0.3 is 15.0 Å². The Hall–Kier alpha value is -1.75. The standard InChI is InChI=1S/C17H23ClN2O3/c1-12(2)11-23-17(22)19-15-7-9-20(10-8-15)16(21)13-3-5-14(18)6-4-13/h3-6,12,15H,7-11H2,1-2H3,(H,19,22). The fraction of sp³-hybridized carbons (Fsp3) is 0.529. The monoisotopic (exact) mass is 338 g/mol. The number of amides is 2. The van der Waals surface area contributed by atoms with Crippen molar-refractivity contribution in [3.8, 4) is 0 Å². The third-order valence-electron chi connectivity index (χ3n) is 3.74. The van der Waals surface area contributed by atoms with E-state index in [1.54, 1.807) is 29.2 Å². The minimum Gasteiger partial charge on any atom is -0.449 e. The van der Waals surface area contributed by atoms with E-state index in [0.29, 0.717) is 36.2 Å². The molecular formula is C17H23ClN2O3. The van der Waals surface area contributed by atoms with Gasteiger partial charge in [0.15, 0.2) is 0 Å². The van der Waals surface area contributed by atoms with Gasteiger partial charge in [-0.15, -0.1) is 0 Å². The second-order valence-electron chi connectivity index (χ2n) is 6.21. The fourth-order valence-electron chi connectivity index (χ4n) is 2.45. The summed E-state index contributed by atoms with van der Waals surface area (Å²) in [6, 6.07) is 6.96. The third kappa shape index (κ3) is 5.43. The van der Waals surface area contributed by atoms with E-state index in [2.05, 4.69) is 5.32 Å². The molecule has 1 aliphatic heterocycles. The zero-order valence-corrected chi connectivity index (χ0v) is 14.3. The van der Waals surface area contributed by atoms with Gasteiger partial charge in [-0.2, -0.15) is 0 Å². The number of benzene rings is 1. The van der Waals surface area contributed by atoms with Gasteiger partial charge in [0, 0.05) is 29.7 Å². The Bertz CT molecular complexity index is 537. The highest BCUT2D eigenvalue weighted by Gasteiger charge is 2.24. The molecule has 0 spiro atoms. The zero-order valence-electron chi connectivity index (χ0n) is 13.5. The molecule has 6 heteroatoms. The number of piperidine rings is 1. The molecule has 0 bridgehead atoms. The number of carbonyl (C=O) groups excluding carboxylic acids is 2. The molecule has 2 rings (SSSR count). The van der Waals surface area contributed by atoms with Gasteiger partial charge in [0.2, 0.25) is 0 Å². The quantitative estimate of drug-likeness (QED) is 0.916. The number of rotatable bonds is 4. The molecule has 0 aliphatic carbocycles. The lowest BCUT2D eigenvalue weighted by Gasteiger charge is -2.32. The minimum atomic E-state index is -0.374. The molecule has 1 heterocycles. The van der Waals surface area contributed by atoms with Crippen molar-refractivity contribution < 1.29 is 14.3 Å². The first-order valence-corrected chi connectivity index (χ1v) is 8.31. The molecule has 5 nitrogen and oxygen atoms in total. The SMILES string of the molecule is CC(C)COC(=O)NC1CCN(C(=O)c2ccc(Cl)cc2)CC1. The second kappa shape index (κ2) is 8.20. The van der Waals surface area contributed by atoms with Crippen LogP contribution in [0.1, 0.15) is 37.0 Å². The Labute approximate surface area is 141 Å². The molecule has 1 aromatic carbocycles. The topological polar surface area (TPSA) is 58.6 Å². The molecule has 0 unspecified atom stereocenters. The largest absolute Gasteiger partial charge is 0.449 e. The summed E-state index contributed by atoms with van der Waals surface area (Å²) < 4.78 is 5.12. The van der Waals surface area contributed by atoms with Gasteiger partial charge in [-0.25, -0.2) is 4.79 Å². The maximum atomic E-state index is 12.4. The molecule has 0 atom stereocenters. The van der Waals surface area contributed by atoms with Crippen LogP contribution in [-0.2, 0) is 4.74 Å². The molecule has 0 radical (unpaired) electrons. The van der Waals surface area contributed by atoms with Gasteiger partial charge >= 0.3 is 6.09 Å². The van der Waals surface area contributed by atoms with Crippen molar-refractivity contribution in [2.45, 2.75) is 32.7 Å². The maximum Gasteiger partial charge on any atom is 0.407 e. The van der Waals surface area contributed by atoms with Crippen LogP contribution in [-0.4, -0.2) is 42.6 Å². The lowest BCUT2D eigenvalue weighted by Crippen LogP contribution is -2.46. The first-order chi connectivity index (χ1) is 11.0. The Morgan fingerprint density at radius 2 is 1.87 bits per heavy atom. The lowest BCUT2D eigenvalue weighted by molar-refractivity contribution is 0.0700. The number of likely N-dealkylation sites (tertiary alicyclic amines) is 1. The summed E-state index contributed by atoms with van der Waals surface area (Å²) in [5, 5.41) is 3.48. The molecule has 0 aromatic heterocycles. The van der Waals surface area contributed by atoms with Crippen molar-refractivity contribution in [2.24, 2.45) is 5.92 Å². The van der Waals surface area contributed by atoms with Gasteiger partial charge in [-0.3, -0.25) is 4.79 Å². The Morgan fingerprint density at radius 3 is 2.43 bits per heavy atom. The van der Waals surface area contributed by atoms with Crippen LogP contribution in [0.2, 0.25) is 5.02 Å². The van der Waals surface area contributed by atoms with Gasteiger partial charge in [0.05, 0.1) is 6.61 Å². The summed E-state index contributed by atoms with van der Waals surface area (Å²) >= 11 is 5.84. The number of nitrogens with zero attached hydrogens (tertiary/aromatic N) is 1. The predicted octanol–water partition coefficient (Wildman–Crippen LogP) is 3.33. The summed E-state index contributed by atoms with van der Waals surface area (Å²) in [5.74, 6) is 0.321. The Balaban J connectivity index is 1.78. The summed E-state index contributed by atoms with van der Waals surface area (Å²) in [5.41, 5.74) is 0.636. The van der Waals surface area contributed by atoms with Crippen LogP contribution < -0.4 is 5.32 Å². The molecule has 0 saturated carbocycles. The van der Waals surface area contributed by atoms with Crippen LogP contribution in [0.5, 0.6) is 0 Å². The molecular weight excluding hydrogens is 316 g/mol. The van der Waals surface area contributed by atoms with E-state index in [0.717, 1.165) is 12.8 Å². The van der Waals surface area contributed by atoms with Gasteiger partial charge in [0.1, 0.15) is 0 Å². The number of alkyl carbamates (subject to hydrolysis) is 1. The number of hydrogen-bond donors (Lipinski definition) is 1. The molecule has 126 valence electrons. The van der Waals surface area contributed by atoms with Crippen LogP contribution in [0.25, 0.3) is 0 Å². The van der Waals surface area contributed by atoms with E-state index in [-0.39, 0.29) is 18.0 Å². The first-order valence-electron chi connectivity index (χ1n) is 7.94. The highest BCUT2D eigenvalue weighted by atomic mass is 35.5. The van der Waals surface area contributed by atoms with E-state index in [1.165, 1.54) is 0 Å². The van der Waals surface area contributed by atoms with Crippen molar-refractivity contribution in [3.63, 3.8) is 0 Å². The highest BCUT2D eigenvalue weighted by molar-refractivity contribution is 6.30. The summed E-state index contributed by atoms with van der Waals surface area (Å²) in [6.45, 7) is 5.65. The zero-order chi connectivity index (χ0) is 16.8. The number of halogens is 1. The van der Waals surface area contributed by atoms with E-state index in [4.69, 9.17) is 16.3 Å². The number of nitrogens with one attached hydrogen (secondary N) is 1. The molecule has 1 aliphatic rings. The highest BCUT2D eigenvalue weighted by Crippen LogP contribution is 2.16. The normalized spacial score (nSPS) is 15.6. The van der Waals surface area contributed by atoms with Crippen LogP contribution in [0.4, 0.5) is 4.79 Å². The lowest BCUT2D eigenvalue weighted by atomic mass is 10.0. The van der Waals surface area contributed by atoms with E-state index in [9.17, 15) is 9.59 Å². The summed E-state index contributed by atoms with van der Waals surface area (Å²) in [4.78, 5) is 25.9. The maximum absolute atomic E-state index is 12.4. The Kier molecular flexibility index (Phi) is 6.28. The van der Waals surface area contributed by atoms with Gasteiger partial charge in [-0.1, -0.05) is 25.4 Å². The predicted molar refractivity (Wildman–Crippen MR) is 89.7 cm³/mol. The molecule has 1 N–H and O–H groups in total. The van der Waals surface area contributed by atoms with Crippen molar-refractivity contribution in [2.75, 3.05) is 19.7 Å². The van der Waals surface area contributed by atoms with Crippen molar-refractivity contribution in [1.82, 2.24) is 10.2 Å². The van der Waals surface area contributed by atoms with Gasteiger partial charge in [-0.05, 0) is 43.0 Å². The van der Waals surface area contributed by atoms with E-state index < -0.39 is 0 Å². The molecule has 2 amide bonds. The smallest absolute Gasteiger partial charge is 0.407 e. The number of carbonyl (C=O) groups is 2. The van der Waals surface area contributed by atoms with Gasteiger partial charge in [0.25, 0.3) is 5.91 Å². The van der Waals surface area contributed by atoms with Crippen molar-refractivity contribution in [3.05, 3.63) is 34.9 Å². The second-order valence-corrected chi connectivity index (χ2v) is 6.65. The average molecular weight is 339 g/mol. The van der Waals surface area contributed by atoms with Crippen LogP contribution in [0.15, 0.2) is 24.3 Å². The van der Waals surface area contributed by atoms with Crippen molar-refractivity contribution >= 4 is 23.6 Å². The summed E-state index contributed by atoms with van der Waals surface area (Å²) in [6.07, 6.45) is 1.09. The molecule has 1 saturated heterocycles. The first kappa shape index (κ1) is 17.6. The van der Waals surface area contributed by atoms with Crippen LogP contribution in [0, 0.1) is 5.92 Å². The average Bonchev–Trinajstić information content (AvgIpc) is 2.54. The fourth-order valence-corrected chi connectivity index (χ4v) is 2.58. The van der Waals surface area contributed by atoms with Crippen LogP contribution in [0.3, 0.4) is 0 Å². The van der Waals surface area contributed by atoms with Crippen molar-refractivity contribution in [1.29, 1.82) is 0 Å². The molecule has 1 aromatic rings. The number of hydrogen-bond acceptors (Lipinski definition) is 3. The van der Waals surface area contributed by atoms with E-state index in [1.807, 2.05) is 13.8 Å². The third-order valence-corrected chi connectivity index (χ3v) is 4.00. The molecule has 23 heavy (non-hydrogen) atoms. The minimum absolute atomic E-state index is 0.00232. The Morgan fingerprint density at radius 1 is 1.26 bits per heavy atom. The molecule has 1 fully saturated rings. The van der Waals surface area contributed by atoms with Crippen LogP contribution >= 0.6 is 11.6 Å². The number of ether oxygens (including phenoxy) is 1. The van der Waals surface area contributed by atoms with E-state index >= 15 is 0 Å².